The van der Waals surface area contributed by atoms with Gasteiger partial charge in [-0.05, 0) is 31.7 Å². The number of hydrogen-bond acceptors (Lipinski definition) is 3. The molecule has 2 aliphatic carbocycles. The quantitative estimate of drug-likeness (QED) is 0.530. The molecule has 2 aliphatic rings. The van der Waals surface area contributed by atoms with Crippen molar-refractivity contribution in [2.24, 2.45) is 23.3 Å². The Morgan fingerprint density at radius 1 is 1.62 bits per heavy atom. The smallest absolute Gasteiger partial charge is 0.0370 e. The second-order valence-corrected chi connectivity index (χ2v) is 4.33. The van der Waals surface area contributed by atoms with Crippen LogP contribution in [0, 0.1) is 11.8 Å². The van der Waals surface area contributed by atoms with Gasteiger partial charge in [-0.1, -0.05) is 11.6 Å². The summed E-state index contributed by atoms with van der Waals surface area (Å²) in [5, 5.41) is 3.37. The molecule has 0 spiro atoms. The van der Waals surface area contributed by atoms with Gasteiger partial charge in [0.1, 0.15) is 0 Å². The molecule has 3 heteroatoms. The molecular weight excluding hydrogens is 162 g/mol. The van der Waals surface area contributed by atoms with Gasteiger partial charge in [-0.25, -0.2) is 0 Å². The van der Waals surface area contributed by atoms with Crippen molar-refractivity contribution >= 4 is 0 Å². The molecule has 0 aromatic heterocycles. The molecule has 1 fully saturated rings. The molecule has 2 rings (SSSR count). The normalized spacial score (nSPS) is 42.5. The van der Waals surface area contributed by atoms with Crippen molar-refractivity contribution in [2.45, 2.75) is 18.4 Å². The lowest BCUT2D eigenvalue weighted by molar-refractivity contribution is 0.0651. The molecule has 3 nitrogen and oxygen atoms in total. The SMILES string of the molecule is CN[C@@]1(CN)C[C@H]2CC(CN)=C[C@H]21. The summed E-state index contributed by atoms with van der Waals surface area (Å²) in [7, 11) is 2.01. The van der Waals surface area contributed by atoms with Crippen LogP contribution in [0.4, 0.5) is 0 Å². The minimum Gasteiger partial charge on any atom is -0.329 e. The number of hydrogen-bond donors (Lipinski definition) is 3. The fraction of sp³-hybridized carbons (Fsp3) is 0.800. The number of fused-ring (bicyclic) bond motifs is 1. The van der Waals surface area contributed by atoms with Crippen molar-refractivity contribution in [1.82, 2.24) is 5.32 Å². The number of rotatable bonds is 3. The zero-order valence-electron chi connectivity index (χ0n) is 8.22. The van der Waals surface area contributed by atoms with Gasteiger partial charge < -0.3 is 16.8 Å². The van der Waals surface area contributed by atoms with E-state index in [9.17, 15) is 0 Å². The summed E-state index contributed by atoms with van der Waals surface area (Å²) in [5.41, 5.74) is 13.0. The molecule has 0 aromatic rings. The Morgan fingerprint density at radius 3 is 2.92 bits per heavy atom. The summed E-state index contributed by atoms with van der Waals surface area (Å²) in [4.78, 5) is 0. The largest absolute Gasteiger partial charge is 0.329 e. The summed E-state index contributed by atoms with van der Waals surface area (Å²) in [5.74, 6) is 1.45. The Balaban J connectivity index is 2.11. The zero-order chi connectivity index (χ0) is 9.47. The molecule has 0 bridgehead atoms. The first kappa shape index (κ1) is 9.19. The summed E-state index contributed by atoms with van der Waals surface area (Å²) in [6.45, 7) is 1.45. The van der Waals surface area contributed by atoms with Crippen LogP contribution in [0.3, 0.4) is 0 Å². The highest BCUT2D eigenvalue weighted by Crippen LogP contribution is 2.51. The van der Waals surface area contributed by atoms with Crippen LogP contribution in [0.25, 0.3) is 0 Å². The lowest BCUT2D eigenvalue weighted by Gasteiger charge is -2.51. The average Bonchev–Trinajstić information content (AvgIpc) is 2.48. The third kappa shape index (κ3) is 1.15. The number of likely N-dealkylation sites (N-methyl/N-ethyl adjacent to an activating group) is 1. The molecule has 0 aliphatic heterocycles. The van der Waals surface area contributed by atoms with Crippen molar-refractivity contribution < 1.29 is 0 Å². The highest BCUT2D eigenvalue weighted by Gasteiger charge is 2.53. The van der Waals surface area contributed by atoms with Gasteiger partial charge in [0.05, 0.1) is 0 Å². The van der Waals surface area contributed by atoms with Crippen molar-refractivity contribution in [1.29, 1.82) is 0 Å². The van der Waals surface area contributed by atoms with Crippen molar-refractivity contribution in [3.63, 3.8) is 0 Å². The molecule has 74 valence electrons. The maximum atomic E-state index is 5.80. The Bertz CT molecular complexity index is 230. The summed E-state index contributed by atoms with van der Waals surface area (Å²) >= 11 is 0. The van der Waals surface area contributed by atoms with E-state index >= 15 is 0 Å². The van der Waals surface area contributed by atoms with E-state index in [0.717, 1.165) is 19.0 Å². The first-order chi connectivity index (χ1) is 6.25. The van der Waals surface area contributed by atoms with E-state index in [2.05, 4.69) is 11.4 Å². The van der Waals surface area contributed by atoms with Gasteiger partial charge >= 0.3 is 0 Å². The second-order valence-electron chi connectivity index (χ2n) is 4.33. The molecule has 0 aromatic carbocycles. The van der Waals surface area contributed by atoms with Gasteiger partial charge in [-0.2, -0.15) is 0 Å². The third-order valence-electron chi connectivity index (χ3n) is 3.84. The topological polar surface area (TPSA) is 64.1 Å². The fourth-order valence-electron chi connectivity index (χ4n) is 2.92. The average molecular weight is 181 g/mol. The van der Waals surface area contributed by atoms with E-state index < -0.39 is 0 Å². The Kier molecular flexibility index (Phi) is 2.18. The van der Waals surface area contributed by atoms with Crippen LogP contribution in [0.15, 0.2) is 11.6 Å². The van der Waals surface area contributed by atoms with Gasteiger partial charge in [0, 0.05) is 18.6 Å². The lowest BCUT2D eigenvalue weighted by atomic mass is 9.60. The van der Waals surface area contributed by atoms with Crippen molar-refractivity contribution in [3.8, 4) is 0 Å². The fourth-order valence-corrected chi connectivity index (χ4v) is 2.92. The van der Waals surface area contributed by atoms with Gasteiger partial charge in [-0.3, -0.25) is 0 Å². The van der Waals surface area contributed by atoms with Gasteiger partial charge in [0.2, 0.25) is 0 Å². The summed E-state index contributed by atoms with van der Waals surface area (Å²) < 4.78 is 0. The number of nitrogens with one attached hydrogen (secondary N) is 1. The van der Waals surface area contributed by atoms with Crippen molar-refractivity contribution in [3.05, 3.63) is 11.6 Å². The molecule has 1 saturated carbocycles. The lowest BCUT2D eigenvalue weighted by Crippen LogP contribution is -2.64. The highest BCUT2D eigenvalue weighted by molar-refractivity contribution is 5.27. The van der Waals surface area contributed by atoms with E-state index in [0.29, 0.717) is 5.92 Å². The highest BCUT2D eigenvalue weighted by atomic mass is 15.0. The Labute approximate surface area is 79.6 Å². The van der Waals surface area contributed by atoms with Crippen LogP contribution >= 0.6 is 0 Å². The molecule has 0 saturated heterocycles. The second kappa shape index (κ2) is 3.08. The van der Waals surface area contributed by atoms with Crippen molar-refractivity contribution in [2.75, 3.05) is 20.1 Å². The van der Waals surface area contributed by atoms with E-state index in [1.165, 1.54) is 18.4 Å². The molecule has 0 amide bonds. The predicted molar refractivity (Wildman–Crippen MR) is 54.2 cm³/mol. The standard InChI is InChI=1S/C10H19N3/c1-13-10(6-12)4-8-2-7(5-11)3-9(8)10/h3,8-9,13H,2,4-6,11-12H2,1H3/t8-,9-,10-/m1/s1. The Hall–Kier alpha value is -0.380. The molecule has 13 heavy (non-hydrogen) atoms. The van der Waals surface area contributed by atoms with Crippen LogP contribution < -0.4 is 16.8 Å². The van der Waals surface area contributed by atoms with Gasteiger partial charge in [0.25, 0.3) is 0 Å². The third-order valence-corrected chi connectivity index (χ3v) is 3.84. The first-order valence-electron chi connectivity index (χ1n) is 5.04. The van der Waals surface area contributed by atoms with E-state index in [1.807, 2.05) is 7.05 Å². The van der Waals surface area contributed by atoms with Crippen LogP contribution in [-0.2, 0) is 0 Å². The molecule has 0 heterocycles. The number of nitrogens with two attached hydrogens (primary N) is 2. The van der Waals surface area contributed by atoms with E-state index in [1.54, 1.807) is 0 Å². The van der Waals surface area contributed by atoms with Gasteiger partial charge in [-0.15, -0.1) is 0 Å². The minimum atomic E-state index is 0.182. The van der Waals surface area contributed by atoms with Crippen LogP contribution in [0.1, 0.15) is 12.8 Å². The summed E-state index contributed by atoms with van der Waals surface area (Å²) in [6.07, 6.45) is 4.76. The monoisotopic (exact) mass is 181 g/mol. The molecule has 3 atom stereocenters. The maximum absolute atomic E-state index is 5.80. The van der Waals surface area contributed by atoms with Gasteiger partial charge in [0.15, 0.2) is 0 Å². The van der Waals surface area contributed by atoms with Crippen LogP contribution in [-0.4, -0.2) is 25.7 Å². The molecule has 0 radical (unpaired) electrons. The molecular formula is C10H19N3. The van der Waals surface area contributed by atoms with Crippen LogP contribution in [0.5, 0.6) is 0 Å². The molecule has 0 unspecified atom stereocenters. The van der Waals surface area contributed by atoms with Crippen LogP contribution in [0.2, 0.25) is 0 Å². The van der Waals surface area contributed by atoms with E-state index in [-0.39, 0.29) is 5.54 Å². The summed E-state index contributed by atoms with van der Waals surface area (Å²) in [6, 6.07) is 0. The van der Waals surface area contributed by atoms with E-state index in [4.69, 9.17) is 11.5 Å². The predicted octanol–water partition coefficient (Wildman–Crippen LogP) is -0.172. The first-order valence-corrected chi connectivity index (χ1v) is 5.04. The zero-order valence-corrected chi connectivity index (χ0v) is 8.22. The minimum absolute atomic E-state index is 0.182. The molecule has 5 N–H and O–H groups in total. The maximum Gasteiger partial charge on any atom is 0.0370 e. The Morgan fingerprint density at radius 2 is 2.38 bits per heavy atom.